The van der Waals surface area contributed by atoms with Gasteiger partial charge in [0.25, 0.3) is 0 Å². The molecule has 1 aliphatic heterocycles. The predicted molar refractivity (Wildman–Crippen MR) is 44.4 cm³/mol. The number of hydrogen-bond acceptors (Lipinski definition) is 1. The summed E-state index contributed by atoms with van der Waals surface area (Å²) < 4.78 is 0. The highest BCUT2D eigenvalue weighted by Gasteiger charge is 2.32. The Morgan fingerprint density at radius 3 is 2.82 bits per heavy atom. The quantitative estimate of drug-likeness (QED) is 0.577. The van der Waals surface area contributed by atoms with Crippen molar-refractivity contribution >= 4 is 5.91 Å². The number of likely N-dealkylation sites (tertiary alicyclic amines) is 1. The molecule has 0 radical (unpaired) electrons. The van der Waals surface area contributed by atoms with Gasteiger partial charge in [-0.3, -0.25) is 4.90 Å². The lowest BCUT2D eigenvalue weighted by atomic mass is 9.91. The molecule has 3 unspecified atom stereocenters. The van der Waals surface area contributed by atoms with Crippen LogP contribution in [0.4, 0.5) is 0 Å². The fraction of sp³-hybridized carbons (Fsp3) is 0.889. The molecule has 0 spiro atoms. The zero-order chi connectivity index (χ0) is 8.43. The second-order valence-electron chi connectivity index (χ2n) is 3.76. The summed E-state index contributed by atoms with van der Waals surface area (Å²) in [5.41, 5.74) is 0. The molecule has 3 atom stereocenters. The number of carbonyl (C=O) groups excluding carboxylic acids is 1. The highest BCUT2D eigenvalue weighted by molar-refractivity contribution is 5.67. The normalized spacial score (nSPS) is 39.2. The lowest BCUT2D eigenvalue weighted by molar-refractivity contribution is -0.833. The van der Waals surface area contributed by atoms with E-state index in [0.717, 1.165) is 17.7 Å². The summed E-state index contributed by atoms with van der Waals surface area (Å²) >= 11 is 0. The maximum atomic E-state index is 11.3. The number of hydrogen-bond donors (Lipinski definition) is 1. The third kappa shape index (κ3) is 1.80. The molecule has 1 heterocycles. The summed E-state index contributed by atoms with van der Waals surface area (Å²) in [5, 5.41) is 0. The van der Waals surface area contributed by atoms with Crippen LogP contribution in [0.3, 0.4) is 0 Å². The molecule has 2 heteroatoms. The van der Waals surface area contributed by atoms with Gasteiger partial charge < -0.3 is 0 Å². The molecule has 1 saturated heterocycles. The van der Waals surface area contributed by atoms with E-state index in [4.69, 9.17) is 0 Å². The Hall–Kier alpha value is -0.370. The molecule has 1 rings (SSSR count). The maximum absolute atomic E-state index is 11.3. The first-order chi connectivity index (χ1) is 5.15. The monoisotopic (exact) mass is 156 g/mol. The molecule has 0 aromatic carbocycles. The lowest BCUT2D eigenvalue weighted by Gasteiger charge is -2.29. The van der Waals surface area contributed by atoms with Crippen LogP contribution >= 0.6 is 0 Å². The van der Waals surface area contributed by atoms with Crippen molar-refractivity contribution in [2.24, 2.45) is 5.92 Å². The van der Waals surface area contributed by atoms with Gasteiger partial charge in [0.2, 0.25) is 0 Å². The van der Waals surface area contributed by atoms with Crippen LogP contribution in [-0.4, -0.2) is 19.0 Å². The summed E-state index contributed by atoms with van der Waals surface area (Å²) in [6.07, 6.45) is 3.12. The Balaban J connectivity index is 2.58. The molecule has 0 saturated carbocycles. The second kappa shape index (κ2) is 3.35. The third-order valence-corrected chi connectivity index (χ3v) is 2.77. The minimum Gasteiger partial charge on any atom is -0.272 e. The van der Waals surface area contributed by atoms with Gasteiger partial charge in [0.15, 0.2) is 0 Å². The molecule has 1 aliphatic rings. The molecule has 64 valence electrons. The van der Waals surface area contributed by atoms with Gasteiger partial charge >= 0.3 is 5.91 Å². The minimum absolute atomic E-state index is 0.399. The first-order valence-corrected chi connectivity index (χ1v) is 4.51. The van der Waals surface area contributed by atoms with Crippen LogP contribution in [0, 0.1) is 5.92 Å². The van der Waals surface area contributed by atoms with Gasteiger partial charge in [-0.15, -0.1) is 0 Å². The van der Waals surface area contributed by atoms with Crippen LogP contribution in [-0.2, 0) is 4.79 Å². The number of carbonyl (C=O) groups is 1. The Bertz CT molecular complexity index is 156. The van der Waals surface area contributed by atoms with Crippen LogP contribution < -0.4 is 4.90 Å². The molecule has 0 bridgehead atoms. The van der Waals surface area contributed by atoms with Crippen LogP contribution in [0.1, 0.15) is 33.1 Å². The van der Waals surface area contributed by atoms with Gasteiger partial charge in [-0.25, -0.2) is 4.79 Å². The van der Waals surface area contributed by atoms with Gasteiger partial charge in [-0.05, 0) is 12.3 Å². The van der Waals surface area contributed by atoms with Crippen LogP contribution in [0.2, 0.25) is 0 Å². The van der Waals surface area contributed by atoms with Crippen molar-refractivity contribution in [3.8, 4) is 0 Å². The summed E-state index contributed by atoms with van der Waals surface area (Å²) in [5.74, 6) is 1.01. The van der Waals surface area contributed by atoms with E-state index in [9.17, 15) is 4.79 Å². The highest BCUT2D eigenvalue weighted by atomic mass is 16.2. The molecule has 0 aromatic heterocycles. The van der Waals surface area contributed by atoms with Crippen molar-refractivity contribution in [3.63, 3.8) is 0 Å². The summed E-state index contributed by atoms with van der Waals surface area (Å²) in [6.45, 7) is 4.34. The second-order valence-corrected chi connectivity index (χ2v) is 3.76. The van der Waals surface area contributed by atoms with E-state index in [1.807, 2.05) is 7.05 Å². The van der Waals surface area contributed by atoms with E-state index in [0.29, 0.717) is 17.9 Å². The SMILES string of the molecule is CCC1CC(C)CC(=O)[NH+]1C. The average molecular weight is 156 g/mol. The Morgan fingerprint density at radius 2 is 2.27 bits per heavy atom. The molecule has 0 aromatic rings. The third-order valence-electron chi connectivity index (χ3n) is 2.77. The zero-order valence-corrected chi connectivity index (χ0v) is 7.68. The van der Waals surface area contributed by atoms with Crippen molar-refractivity contribution in [2.45, 2.75) is 39.2 Å². The fourth-order valence-electron chi connectivity index (χ4n) is 1.92. The van der Waals surface area contributed by atoms with E-state index in [-0.39, 0.29) is 0 Å². The van der Waals surface area contributed by atoms with Gasteiger partial charge in [0.05, 0.1) is 19.5 Å². The minimum atomic E-state index is 0.399. The first kappa shape index (κ1) is 8.72. The van der Waals surface area contributed by atoms with Crippen molar-refractivity contribution in [1.29, 1.82) is 0 Å². The van der Waals surface area contributed by atoms with Crippen molar-refractivity contribution < 1.29 is 9.69 Å². The van der Waals surface area contributed by atoms with E-state index >= 15 is 0 Å². The van der Waals surface area contributed by atoms with Crippen molar-refractivity contribution in [3.05, 3.63) is 0 Å². The maximum Gasteiger partial charge on any atom is 0.312 e. The lowest BCUT2D eigenvalue weighted by Crippen LogP contribution is -3.16. The smallest absolute Gasteiger partial charge is 0.272 e. The zero-order valence-electron chi connectivity index (χ0n) is 7.68. The highest BCUT2D eigenvalue weighted by Crippen LogP contribution is 2.13. The summed E-state index contributed by atoms with van der Waals surface area (Å²) in [7, 11) is 2.00. The van der Waals surface area contributed by atoms with Gasteiger partial charge in [0, 0.05) is 6.42 Å². The molecular formula is C9H18NO+. The number of piperidine rings is 1. The molecule has 2 nitrogen and oxygen atoms in total. The molecule has 0 aliphatic carbocycles. The Labute approximate surface area is 68.6 Å². The van der Waals surface area contributed by atoms with E-state index in [1.54, 1.807) is 0 Å². The van der Waals surface area contributed by atoms with E-state index in [1.165, 1.54) is 6.42 Å². The largest absolute Gasteiger partial charge is 0.312 e. The molecular weight excluding hydrogens is 138 g/mol. The fourth-order valence-corrected chi connectivity index (χ4v) is 1.92. The van der Waals surface area contributed by atoms with Crippen LogP contribution in [0.25, 0.3) is 0 Å². The van der Waals surface area contributed by atoms with Crippen molar-refractivity contribution in [2.75, 3.05) is 7.05 Å². The number of amides is 1. The number of quaternary nitrogens is 1. The Morgan fingerprint density at radius 1 is 1.64 bits per heavy atom. The number of rotatable bonds is 1. The topological polar surface area (TPSA) is 21.5 Å². The van der Waals surface area contributed by atoms with E-state index in [2.05, 4.69) is 13.8 Å². The first-order valence-electron chi connectivity index (χ1n) is 4.51. The standard InChI is InChI=1S/C9H17NO/c1-4-8-5-7(2)6-9(11)10(8)3/h7-8H,4-6H2,1-3H3/p+1. The van der Waals surface area contributed by atoms with Gasteiger partial charge in [-0.2, -0.15) is 0 Å². The van der Waals surface area contributed by atoms with Gasteiger partial charge in [-0.1, -0.05) is 13.8 Å². The molecule has 1 fully saturated rings. The molecule has 1 N–H and O–H groups in total. The number of nitrogens with one attached hydrogen (secondary N) is 1. The van der Waals surface area contributed by atoms with Gasteiger partial charge in [0.1, 0.15) is 0 Å². The average Bonchev–Trinajstić information content (AvgIpc) is 1.96. The summed E-state index contributed by atoms with van der Waals surface area (Å²) in [6, 6.07) is 0.575. The predicted octanol–water partition coefficient (Wildman–Crippen LogP) is 0.236. The molecule has 11 heavy (non-hydrogen) atoms. The van der Waals surface area contributed by atoms with Crippen LogP contribution in [0.5, 0.6) is 0 Å². The summed E-state index contributed by atoms with van der Waals surface area (Å²) in [4.78, 5) is 12.5. The van der Waals surface area contributed by atoms with Crippen LogP contribution in [0.15, 0.2) is 0 Å². The Kier molecular flexibility index (Phi) is 2.66. The van der Waals surface area contributed by atoms with Crippen molar-refractivity contribution in [1.82, 2.24) is 0 Å². The van der Waals surface area contributed by atoms with E-state index < -0.39 is 0 Å². The molecule has 1 amide bonds.